The number of fused-ring (bicyclic) bond motifs is 1. The Bertz CT molecular complexity index is 374. The van der Waals surface area contributed by atoms with E-state index in [1.807, 2.05) is 0 Å². The molecule has 2 heterocycles. The summed E-state index contributed by atoms with van der Waals surface area (Å²) in [5.74, 6) is 1.18. The number of aryl methyl sites for hydroxylation is 1. The molecule has 3 heteroatoms. The maximum atomic E-state index is 4.63. The van der Waals surface area contributed by atoms with Crippen LogP contribution in [0.15, 0.2) is 4.47 Å². The molecule has 0 radical (unpaired) electrons. The Labute approximate surface area is 93.5 Å². The fourth-order valence-electron chi connectivity index (χ4n) is 2.06. The number of nitrogens with zero attached hydrogens (tertiary/aromatic N) is 2. The van der Waals surface area contributed by atoms with Gasteiger partial charge in [-0.1, -0.05) is 0 Å². The molecular formula is C11H15BrN2. The molecule has 0 saturated heterocycles. The zero-order valence-electron chi connectivity index (χ0n) is 8.89. The van der Waals surface area contributed by atoms with Crippen LogP contribution >= 0.6 is 15.9 Å². The van der Waals surface area contributed by atoms with E-state index in [0.717, 1.165) is 18.7 Å². The molecule has 0 aliphatic carbocycles. The van der Waals surface area contributed by atoms with Crippen LogP contribution in [-0.4, -0.2) is 18.6 Å². The van der Waals surface area contributed by atoms with Gasteiger partial charge in [-0.15, -0.1) is 0 Å². The fraction of sp³-hybridized carbons (Fsp3) is 0.545. The molecule has 0 aromatic carbocycles. The molecule has 0 atom stereocenters. The van der Waals surface area contributed by atoms with Crippen molar-refractivity contribution in [3.63, 3.8) is 0 Å². The minimum Gasteiger partial charge on any atom is -0.359 e. The van der Waals surface area contributed by atoms with Crippen LogP contribution in [-0.2, 0) is 6.42 Å². The van der Waals surface area contributed by atoms with Crippen LogP contribution in [0.2, 0.25) is 0 Å². The van der Waals surface area contributed by atoms with Crippen LogP contribution in [0.1, 0.15) is 23.2 Å². The molecule has 0 saturated carbocycles. The van der Waals surface area contributed by atoms with Crippen LogP contribution in [0.3, 0.4) is 0 Å². The van der Waals surface area contributed by atoms with Gasteiger partial charge in [-0.25, -0.2) is 4.98 Å². The number of halogens is 1. The zero-order chi connectivity index (χ0) is 10.3. The second-order valence-electron chi connectivity index (χ2n) is 3.96. The van der Waals surface area contributed by atoms with Crippen LogP contribution in [0, 0.1) is 13.8 Å². The maximum absolute atomic E-state index is 4.63. The first-order valence-electron chi connectivity index (χ1n) is 4.98. The Kier molecular flexibility index (Phi) is 2.52. The third-order valence-corrected chi connectivity index (χ3v) is 4.09. The highest BCUT2D eigenvalue weighted by Gasteiger charge is 2.19. The summed E-state index contributed by atoms with van der Waals surface area (Å²) >= 11 is 3.60. The Hall–Kier alpha value is -0.570. The van der Waals surface area contributed by atoms with Gasteiger partial charge in [0.15, 0.2) is 0 Å². The minimum absolute atomic E-state index is 1.09. The van der Waals surface area contributed by atoms with E-state index in [-0.39, 0.29) is 0 Å². The normalized spacial score (nSPS) is 15.6. The van der Waals surface area contributed by atoms with Crippen LogP contribution in [0.5, 0.6) is 0 Å². The van der Waals surface area contributed by atoms with Crippen molar-refractivity contribution in [1.82, 2.24) is 4.98 Å². The molecule has 1 aliphatic heterocycles. The van der Waals surface area contributed by atoms with E-state index < -0.39 is 0 Å². The Morgan fingerprint density at radius 1 is 1.36 bits per heavy atom. The van der Waals surface area contributed by atoms with Crippen molar-refractivity contribution in [3.05, 3.63) is 21.3 Å². The van der Waals surface area contributed by atoms with Crippen molar-refractivity contribution in [2.75, 3.05) is 18.5 Å². The van der Waals surface area contributed by atoms with E-state index in [2.05, 4.69) is 46.7 Å². The standard InChI is InChI=1S/C11H15BrN2/c1-7-9-5-4-6-14(3)11(9)13-8(2)10(7)12/h4-6H2,1-3H3. The first-order valence-corrected chi connectivity index (χ1v) is 5.77. The first-order chi connectivity index (χ1) is 6.61. The average molecular weight is 255 g/mol. The number of rotatable bonds is 0. The second kappa shape index (κ2) is 3.54. The zero-order valence-corrected chi connectivity index (χ0v) is 10.5. The van der Waals surface area contributed by atoms with Crippen molar-refractivity contribution in [3.8, 4) is 0 Å². The number of aromatic nitrogens is 1. The van der Waals surface area contributed by atoms with Crippen molar-refractivity contribution in [2.45, 2.75) is 26.7 Å². The largest absolute Gasteiger partial charge is 0.359 e. The number of hydrogen-bond donors (Lipinski definition) is 0. The van der Waals surface area contributed by atoms with Crippen molar-refractivity contribution in [2.24, 2.45) is 0 Å². The molecule has 0 fully saturated rings. The third kappa shape index (κ3) is 1.44. The third-order valence-electron chi connectivity index (χ3n) is 2.92. The van der Waals surface area contributed by atoms with Crippen LogP contribution < -0.4 is 4.90 Å². The average Bonchev–Trinajstić information content (AvgIpc) is 2.17. The summed E-state index contributed by atoms with van der Waals surface area (Å²) in [6, 6.07) is 0. The summed E-state index contributed by atoms with van der Waals surface area (Å²) in [5, 5.41) is 0. The lowest BCUT2D eigenvalue weighted by Crippen LogP contribution is -2.26. The van der Waals surface area contributed by atoms with Gasteiger partial charge in [0.25, 0.3) is 0 Å². The summed E-state index contributed by atoms with van der Waals surface area (Å²) in [4.78, 5) is 6.89. The topological polar surface area (TPSA) is 16.1 Å². The molecular weight excluding hydrogens is 240 g/mol. The molecule has 0 unspecified atom stereocenters. The van der Waals surface area contributed by atoms with Crippen LogP contribution in [0.4, 0.5) is 5.82 Å². The monoisotopic (exact) mass is 254 g/mol. The van der Waals surface area contributed by atoms with Crippen LogP contribution in [0.25, 0.3) is 0 Å². The molecule has 0 N–H and O–H groups in total. The highest BCUT2D eigenvalue weighted by atomic mass is 79.9. The second-order valence-corrected chi connectivity index (χ2v) is 4.76. The lowest BCUT2D eigenvalue weighted by molar-refractivity contribution is 0.722. The Balaban J connectivity index is 2.63. The van der Waals surface area contributed by atoms with E-state index in [1.54, 1.807) is 0 Å². The maximum Gasteiger partial charge on any atom is 0.132 e. The Morgan fingerprint density at radius 2 is 2.07 bits per heavy atom. The van der Waals surface area contributed by atoms with E-state index >= 15 is 0 Å². The molecule has 2 rings (SSSR count). The van der Waals surface area contributed by atoms with E-state index in [9.17, 15) is 0 Å². The number of hydrogen-bond acceptors (Lipinski definition) is 2. The summed E-state index contributed by atoms with van der Waals surface area (Å²) in [5.41, 5.74) is 3.87. The van der Waals surface area contributed by atoms with Gasteiger partial charge in [0.1, 0.15) is 5.82 Å². The van der Waals surface area contributed by atoms with E-state index in [4.69, 9.17) is 0 Å². The van der Waals surface area contributed by atoms with Gasteiger partial charge in [0.05, 0.1) is 5.69 Å². The van der Waals surface area contributed by atoms with Crippen molar-refractivity contribution in [1.29, 1.82) is 0 Å². The van der Waals surface area contributed by atoms with Gasteiger partial charge in [0, 0.05) is 18.1 Å². The quantitative estimate of drug-likeness (QED) is 0.708. The molecule has 0 spiro atoms. The van der Waals surface area contributed by atoms with Gasteiger partial charge in [0.2, 0.25) is 0 Å². The Morgan fingerprint density at radius 3 is 2.79 bits per heavy atom. The smallest absolute Gasteiger partial charge is 0.132 e. The fourth-order valence-corrected chi connectivity index (χ4v) is 2.39. The van der Waals surface area contributed by atoms with Gasteiger partial charge in [-0.05, 0) is 53.7 Å². The molecule has 14 heavy (non-hydrogen) atoms. The SMILES string of the molecule is Cc1nc2c(c(C)c1Br)CCCN2C. The highest BCUT2D eigenvalue weighted by Crippen LogP contribution is 2.32. The molecule has 0 bridgehead atoms. The molecule has 2 nitrogen and oxygen atoms in total. The van der Waals surface area contributed by atoms with Gasteiger partial charge < -0.3 is 4.90 Å². The summed E-state index contributed by atoms with van der Waals surface area (Å²) in [7, 11) is 2.12. The van der Waals surface area contributed by atoms with E-state index in [0.29, 0.717) is 0 Å². The molecule has 1 aromatic heterocycles. The first kappa shape index (κ1) is 9.97. The number of anilines is 1. The predicted molar refractivity (Wildman–Crippen MR) is 63.0 cm³/mol. The highest BCUT2D eigenvalue weighted by molar-refractivity contribution is 9.10. The summed E-state index contributed by atoms with van der Waals surface area (Å²) < 4.78 is 1.17. The molecule has 76 valence electrons. The van der Waals surface area contributed by atoms with Gasteiger partial charge >= 0.3 is 0 Å². The van der Waals surface area contributed by atoms with E-state index in [1.165, 1.54) is 27.8 Å². The molecule has 0 amide bonds. The predicted octanol–water partition coefficient (Wildman–Crippen LogP) is 2.84. The van der Waals surface area contributed by atoms with Gasteiger partial charge in [-0.2, -0.15) is 0 Å². The number of pyridine rings is 1. The van der Waals surface area contributed by atoms with Crippen molar-refractivity contribution >= 4 is 21.7 Å². The summed E-state index contributed by atoms with van der Waals surface area (Å²) in [6.07, 6.45) is 2.40. The lowest BCUT2D eigenvalue weighted by atomic mass is 10.0. The lowest BCUT2D eigenvalue weighted by Gasteiger charge is -2.28. The molecule has 1 aromatic rings. The molecule has 1 aliphatic rings. The summed E-state index contributed by atoms with van der Waals surface area (Å²) in [6.45, 7) is 5.36. The van der Waals surface area contributed by atoms with Crippen molar-refractivity contribution < 1.29 is 0 Å². The van der Waals surface area contributed by atoms with Gasteiger partial charge in [-0.3, -0.25) is 0 Å². The minimum atomic E-state index is 1.09.